The Morgan fingerprint density at radius 2 is 1.52 bits per heavy atom. The Kier molecular flexibility index (Phi) is 8.03. The molecular formula is C21H24N2O4. The molecule has 0 radical (unpaired) electrons. The minimum atomic E-state index is -0.782. The van der Waals surface area contributed by atoms with Crippen molar-refractivity contribution in [2.24, 2.45) is 0 Å². The van der Waals surface area contributed by atoms with Crippen molar-refractivity contribution >= 4 is 17.8 Å². The fraction of sp³-hybridized carbons (Fsp3) is 0.286. The van der Waals surface area contributed by atoms with Crippen molar-refractivity contribution in [1.82, 2.24) is 10.6 Å². The molecule has 2 aromatic rings. The topological polar surface area (TPSA) is 84.5 Å². The minimum Gasteiger partial charge on any atom is -0.461 e. The van der Waals surface area contributed by atoms with Gasteiger partial charge in [-0.3, -0.25) is 14.4 Å². The zero-order chi connectivity index (χ0) is 19.5. The number of esters is 1. The number of amides is 2. The van der Waals surface area contributed by atoms with Crippen LogP contribution in [0.15, 0.2) is 60.7 Å². The maximum atomic E-state index is 12.4. The van der Waals surface area contributed by atoms with Gasteiger partial charge in [-0.2, -0.15) is 0 Å². The van der Waals surface area contributed by atoms with Crippen molar-refractivity contribution in [3.05, 3.63) is 71.8 Å². The van der Waals surface area contributed by atoms with Crippen LogP contribution in [0.1, 0.15) is 30.9 Å². The van der Waals surface area contributed by atoms with Crippen LogP contribution < -0.4 is 10.6 Å². The molecule has 6 nitrogen and oxygen atoms in total. The summed E-state index contributed by atoms with van der Waals surface area (Å²) >= 11 is 0. The van der Waals surface area contributed by atoms with Gasteiger partial charge in [0.2, 0.25) is 11.8 Å². The van der Waals surface area contributed by atoms with Crippen molar-refractivity contribution in [3.8, 4) is 0 Å². The molecule has 0 bridgehead atoms. The smallest absolute Gasteiger partial charge is 0.306 e. The van der Waals surface area contributed by atoms with Gasteiger partial charge in [0, 0.05) is 19.9 Å². The van der Waals surface area contributed by atoms with E-state index in [4.69, 9.17) is 4.74 Å². The number of hydrogen-bond donors (Lipinski definition) is 2. The summed E-state index contributed by atoms with van der Waals surface area (Å²) in [5.74, 6) is -1.07. The van der Waals surface area contributed by atoms with Gasteiger partial charge in [-0.15, -0.1) is 0 Å². The SMILES string of the molecule is CC(=O)N[C@H](CCC(=O)OCc1ccccc1)C(=O)NCc1ccccc1. The van der Waals surface area contributed by atoms with E-state index < -0.39 is 12.0 Å². The fourth-order valence-corrected chi connectivity index (χ4v) is 2.49. The summed E-state index contributed by atoms with van der Waals surface area (Å²) in [5.41, 5.74) is 1.85. The molecule has 2 N–H and O–H groups in total. The zero-order valence-corrected chi connectivity index (χ0v) is 15.3. The lowest BCUT2D eigenvalue weighted by Gasteiger charge is -2.17. The molecule has 0 aliphatic rings. The highest BCUT2D eigenvalue weighted by atomic mass is 16.5. The van der Waals surface area contributed by atoms with E-state index in [1.165, 1.54) is 6.92 Å². The van der Waals surface area contributed by atoms with Gasteiger partial charge in [-0.25, -0.2) is 0 Å². The highest BCUT2D eigenvalue weighted by molar-refractivity contribution is 5.87. The lowest BCUT2D eigenvalue weighted by molar-refractivity contribution is -0.145. The second-order valence-corrected chi connectivity index (χ2v) is 6.14. The first kappa shape index (κ1) is 20.2. The van der Waals surface area contributed by atoms with Gasteiger partial charge in [0.1, 0.15) is 12.6 Å². The summed E-state index contributed by atoms with van der Waals surface area (Å²) in [6.45, 7) is 1.88. The van der Waals surface area contributed by atoms with E-state index in [-0.39, 0.29) is 31.3 Å². The molecule has 0 heterocycles. The number of ether oxygens (including phenoxy) is 1. The maximum absolute atomic E-state index is 12.4. The third-order valence-electron chi connectivity index (χ3n) is 3.88. The molecule has 142 valence electrons. The molecule has 2 aromatic carbocycles. The number of carbonyl (C=O) groups is 3. The van der Waals surface area contributed by atoms with Crippen LogP contribution in [-0.2, 0) is 32.3 Å². The third kappa shape index (κ3) is 7.73. The molecule has 0 saturated heterocycles. The van der Waals surface area contributed by atoms with Crippen LogP contribution in [0.3, 0.4) is 0 Å². The Morgan fingerprint density at radius 1 is 0.926 bits per heavy atom. The predicted octanol–water partition coefficient (Wildman–Crippen LogP) is 2.33. The average Bonchev–Trinajstić information content (AvgIpc) is 2.69. The van der Waals surface area contributed by atoms with E-state index in [2.05, 4.69) is 10.6 Å². The zero-order valence-electron chi connectivity index (χ0n) is 15.3. The minimum absolute atomic E-state index is 0.0382. The second-order valence-electron chi connectivity index (χ2n) is 6.14. The standard InChI is InChI=1S/C21H24N2O4/c1-16(24)23-19(21(26)22-14-17-8-4-2-5-9-17)12-13-20(25)27-15-18-10-6-3-7-11-18/h2-11,19H,12-15H2,1H3,(H,22,26)(H,23,24)/t19-/m1/s1. The molecule has 0 aromatic heterocycles. The van der Waals surface area contributed by atoms with E-state index in [1.807, 2.05) is 60.7 Å². The normalized spacial score (nSPS) is 11.3. The van der Waals surface area contributed by atoms with Crippen LogP contribution in [0.25, 0.3) is 0 Å². The highest BCUT2D eigenvalue weighted by Gasteiger charge is 2.20. The van der Waals surface area contributed by atoms with Crippen molar-refractivity contribution in [2.75, 3.05) is 0 Å². The van der Waals surface area contributed by atoms with E-state index in [0.29, 0.717) is 6.54 Å². The molecule has 0 unspecified atom stereocenters. The molecule has 0 spiro atoms. The van der Waals surface area contributed by atoms with Crippen LogP contribution in [0.2, 0.25) is 0 Å². The molecule has 0 fully saturated rings. The Labute approximate surface area is 158 Å². The highest BCUT2D eigenvalue weighted by Crippen LogP contribution is 2.05. The summed E-state index contributed by atoms with van der Waals surface area (Å²) in [6.07, 6.45) is 0.213. The Hall–Kier alpha value is -3.15. The van der Waals surface area contributed by atoms with Gasteiger partial charge in [0.25, 0.3) is 0 Å². The van der Waals surface area contributed by atoms with Crippen molar-refractivity contribution in [2.45, 2.75) is 39.0 Å². The largest absolute Gasteiger partial charge is 0.461 e. The van der Waals surface area contributed by atoms with Gasteiger partial charge in [-0.1, -0.05) is 60.7 Å². The molecule has 6 heteroatoms. The van der Waals surface area contributed by atoms with E-state index in [0.717, 1.165) is 11.1 Å². The summed E-state index contributed by atoms with van der Waals surface area (Å²) in [5, 5.41) is 5.37. The first-order valence-corrected chi connectivity index (χ1v) is 8.83. The Morgan fingerprint density at radius 3 is 2.11 bits per heavy atom. The van der Waals surface area contributed by atoms with Gasteiger partial charge < -0.3 is 15.4 Å². The monoisotopic (exact) mass is 368 g/mol. The molecule has 0 aliphatic carbocycles. The predicted molar refractivity (Wildman–Crippen MR) is 101 cm³/mol. The van der Waals surface area contributed by atoms with Crippen molar-refractivity contribution in [3.63, 3.8) is 0 Å². The summed E-state index contributed by atoms with van der Waals surface area (Å²) in [6, 6.07) is 18.0. The first-order valence-electron chi connectivity index (χ1n) is 8.83. The van der Waals surface area contributed by atoms with Gasteiger partial charge >= 0.3 is 5.97 Å². The van der Waals surface area contributed by atoms with E-state index >= 15 is 0 Å². The van der Waals surface area contributed by atoms with Crippen molar-refractivity contribution < 1.29 is 19.1 Å². The molecular weight excluding hydrogens is 344 g/mol. The molecule has 2 amide bonds. The van der Waals surface area contributed by atoms with Crippen LogP contribution in [0.4, 0.5) is 0 Å². The Bertz CT molecular complexity index is 747. The van der Waals surface area contributed by atoms with E-state index in [1.54, 1.807) is 0 Å². The second kappa shape index (κ2) is 10.8. The molecule has 27 heavy (non-hydrogen) atoms. The summed E-state index contributed by atoms with van der Waals surface area (Å²) in [4.78, 5) is 35.7. The number of benzene rings is 2. The Balaban J connectivity index is 1.81. The number of hydrogen-bond acceptors (Lipinski definition) is 4. The van der Waals surface area contributed by atoms with Gasteiger partial charge in [0.05, 0.1) is 0 Å². The lowest BCUT2D eigenvalue weighted by atomic mass is 10.1. The van der Waals surface area contributed by atoms with Gasteiger partial charge in [-0.05, 0) is 17.5 Å². The summed E-state index contributed by atoms with van der Waals surface area (Å²) < 4.78 is 5.21. The summed E-state index contributed by atoms with van der Waals surface area (Å²) in [7, 11) is 0. The number of rotatable bonds is 9. The molecule has 0 saturated carbocycles. The first-order chi connectivity index (χ1) is 13.0. The number of nitrogens with one attached hydrogen (secondary N) is 2. The van der Waals surface area contributed by atoms with Crippen LogP contribution in [-0.4, -0.2) is 23.8 Å². The molecule has 1 atom stereocenters. The van der Waals surface area contributed by atoms with Gasteiger partial charge in [0.15, 0.2) is 0 Å². The average molecular weight is 368 g/mol. The fourth-order valence-electron chi connectivity index (χ4n) is 2.49. The van der Waals surface area contributed by atoms with Crippen LogP contribution >= 0.6 is 0 Å². The van der Waals surface area contributed by atoms with Crippen molar-refractivity contribution in [1.29, 1.82) is 0 Å². The third-order valence-corrected chi connectivity index (χ3v) is 3.88. The van der Waals surface area contributed by atoms with E-state index in [9.17, 15) is 14.4 Å². The van der Waals surface area contributed by atoms with Crippen LogP contribution in [0, 0.1) is 0 Å². The quantitative estimate of drug-likeness (QED) is 0.666. The number of carbonyl (C=O) groups excluding carboxylic acids is 3. The van der Waals surface area contributed by atoms with Crippen LogP contribution in [0.5, 0.6) is 0 Å². The lowest BCUT2D eigenvalue weighted by Crippen LogP contribution is -2.46. The maximum Gasteiger partial charge on any atom is 0.306 e. The molecule has 0 aliphatic heterocycles. The molecule has 2 rings (SSSR count).